The Hall–Kier alpha value is -4.57. The van der Waals surface area contributed by atoms with E-state index in [-0.39, 0.29) is 5.91 Å². The molecule has 0 spiro atoms. The van der Waals surface area contributed by atoms with Gasteiger partial charge in [-0.1, -0.05) is 29.8 Å². The number of piperazine rings is 1. The number of amides is 1. The van der Waals surface area contributed by atoms with Crippen LogP contribution in [0.4, 0.5) is 17.2 Å². The van der Waals surface area contributed by atoms with Crippen LogP contribution in [0.2, 0.25) is 0 Å². The number of nitrogens with zero attached hydrogens (tertiary/aromatic N) is 7. The largest absolute Gasteiger partial charge is 0.369 e. The average molecular weight is 508 g/mol. The number of aromatic nitrogens is 5. The van der Waals surface area contributed by atoms with E-state index in [1.54, 1.807) is 16.6 Å². The maximum atomic E-state index is 12.7. The zero-order chi connectivity index (χ0) is 25.9. The highest BCUT2D eigenvalue weighted by Crippen LogP contribution is 2.23. The summed E-state index contributed by atoms with van der Waals surface area (Å²) in [5.74, 6) is 0.469. The Balaban J connectivity index is 1.01. The lowest BCUT2D eigenvalue weighted by Crippen LogP contribution is -2.48. The lowest BCUT2D eigenvalue weighted by atomic mass is 10.2. The number of hydrogen-bond donors (Lipinski definition) is 2. The summed E-state index contributed by atoms with van der Waals surface area (Å²) in [6, 6.07) is 23.7. The molecule has 0 radical (unpaired) electrons. The normalized spacial score (nSPS) is 14.2. The molecule has 38 heavy (non-hydrogen) atoms. The first-order chi connectivity index (χ1) is 18.6. The van der Waals surface area contributed by atoms with Crippen LogP contribution < -0.4 is 15.5 Å². The van der Waals surface area contributed by atoms with E-state index in [1.807, 2.05) is 36.4 Å². The number of rotatable bonds is 7. The highest BCUT2D eigenvalue weighted by atomic mass is 16.1. The van der Waals surface area contributed by atoms with Crippen LogP contribution >= 0.6 is 0 Å². The van der Waals surface area contributed by atoms with Gasteiger partial charge < -0.3 is 15.5 Å². The number of aryl methyl sites for hydroxylation is 1. The summed E-state index contributed by atoms with van der Waals surface area (Å²) >= 11 is 0. The number of fused-ring (bicyclic) bond motifs is 3. The van der Waals surface area contributed by atoms with Crippen molar-refractivity contribution in [2.24, 2.45) is 0 Å². The van der Waals surface area contributed by atoms with Crippen LogP contribution in [0.25, 0.3) is 16.7 Å². The first kappa shape index (κ1) is 23.8. The van der Waals surface area contributed by atoms with Crippen LogP contribution in [0.3, 0.4) is 0 Å². The number of nitrogens with one attached hydrogen (secondary N) is 2. The molecule has 1 amide bonds. The second-order valence-corrected chi connectivity index (χ2v) is 9.49. The van der Waals surface area contributed by atoms with Crippen molar-refractivity contribution in [3.05, 3.63) is 83.9 Å². The van der Waals surface area contributed by atoms with Gasteiger partial charge in [0.1, 0.15) is 0 Å². The molecule has 1 fully saturated rings. The van der Waals surface area contributed by atoms with Crippen LogP contribution in [0.5, 0.6) is 0 Å². The number of anilines is 3. The molecule has 10 heteroatoms. The van der Waals surface area contributed by atoms with Crippen molar-refractivity contribution in [1.82, 2.24) is 35.2 Å². The van der Waals surface area contributed by atoms with E-state index >= 15 is 0 Å². The van der Waals surface area contributed by atoms with Gasteiger partial charge in [0.15, 0.2) is 5.82 Å². The first-order valence-electron chi connectivity index (χ1n) is 12.8. The van der Waals surface area contributed by atoms with Gasteiger partial charge in [0, 0.05) is 56.2 Å². The zero-order valence-electron chi connectivity index (χ0n) is 21.2. The quantitative estimate of drug-likeness (QED) is 0.346. The molecule has 0 saturated carbocycles. The monoisotopic (exact) mass is 507 g/mol. The van der Waals surface area contributed by atoms with Crippen molar-refractivity contribution in [3.8, 4) is 0 Å². The van der Waals surface area contributed by atoms with Crippen LogP contribution in [-0.2, 0) is 0 Å². The second kappa shape index (κ2) is 10.4. The van der Waals surface area contributed by atoms with Gasteiger partial charge in [-0.05, 0) is 65.9 Å². The van der Waals surface area contributed by atoms with Crippen molar-refractivity contribution >= 4 is 39.8 Å². The third-order valence-corrected chi connectivity index (χ3v) is 6.92. The Bertz CT molecular complexity index is 1560. The molecule has 3 heterocycles. The van der Waals surface area contributed by atoms with Crippen LogP contribution in [0.15, 0.2) is 72.8 Å². The van der Waals surface area contributed by atoms with Crippen molar-refractivity contribution < 1.29 is 4.79 Å². The number of para-hydroxylation sites is 2. The smallest absolute Gasteiger partial charge is 0.251 e. The zero-order valence-corrected chi connectivity index (χ0v) is 21.2. The Labute approximate surface area is 220 Å². The molecule has 0 unspecified atom stereocenters. The summed E-state index contributed by atoms with van der Waals surface area (Å²) in [6.45, 7) is 7.53. The minimum atomic E-state index is -0.0808. The van der Waals surface area contributed by atoms with E-state index < -0.39 is 0 Å². The Morgan fingerprint density at radius 3 is 2.47 bits per heavy atom. The molecule has 1 aliphatic heterocycles. The molecule has 192 valence electrons. The molecule has 0 atom stereocenters. The summed E-state index contributed by atoms with van der Waals surface area (Å²) in [5, 5.41) is 18.3. The van der Waals surface area contributed by atoms with Crippen molar-refractivity contribution in [3.63, 3.8) is 0 Å². The third kappa shape index (κ3) is 4.98. The summed E-state index contributed by atoms with van der Waals surface area (Å²) in [4.78, 5) is 22.2. The number of carbonyl (C=O) groups excluding carboxylic acids is 1. The fourth-order valence-corrected chi connectivity index (χ4v) is 4.75. The Kier molecular flexibility index (Phi) is 6.53. The maximum Gasteiger partial charge on any atom is 0.251 e. The number of carbonyl (C=O) groups is 1. The van der Waals surface area contributed by atoms with Crippen LogP contribution in [0.1, 0.15) is 15.9 Å². The molecule has 1 aliphatic rings. The van der Waals surface area contributed by atoms with Crippen LogP contribution in [-0.4, -0.2) is 75.1 Å². The first-order valence-corrected chi connectivity index (χ1v) is 12.8. The molecule has 0 bridgehead atoms. The number of tetrazole rings is 1. The van der Waals surface area contributed by atoms with E-state index in [9.17, 15) is 4.79 Å². The fourth-order valence-electron chi connectivity index (χ4n) is 4.75. The molecule has 2 aromatic heterocycles. The van der Waals surface area contributed by atoms with Gasteiger partial charge in [-0.15, -0.1) is 5.10 Å². The Morgan fingerprint density at radius 2 is 1.68 bits per heavy atom. The average Bonchev–Trinajstić information content (AvgIpc) is 3.45. The van der Waals surface area contributed by atoms with Gasteiger partial charge in [-0.3, -0.25) is 9.69 Å². The molecular formula is C28H29N9O. The summed E-state index contributed by atoms with van der Waals surface area (Å²) < 4.78 is 1.66. The summed E-state index contributed by atoms with van der Waals surface area (Å²) in [5.41, 5.74) is 6.11. The lowest BCUT2D eigenvalue weighted by molar-refractivity contribution is 0.0948. The second-order valence-electron chi connectivity index (χ2n) is 9.49. The van der Waals surface area contributed by atoms with E-state index in [1.165, 1.54) is 11.3 Å². The van der Waals surface area contributed by atoms with Gasteiger partial charge in [0.05, 0.1) is 11.0 Å². The number of benzene rings is 3. The Morgan fingerprint density at radius 1 is 0.921 bits per heavy atom. The highest BCUT2D eigenvalue weighted by Gasteiger charge is 2.17. The van der Waals surface area contributed by atoms with Gasteiger partial charge in [0.25, 0.3) is 5.91 Å². The van der Waals surface area contributed by atoms with Gasteiger partial charge >= 0.3 is 0 Å². The predicted molar refractivity (Wildman–Crippen MR) is 148 cm³/mol. The molecule has 1 saturated heterocycles. The van der Waals surface area contributed by atoms with E-state index in [0.717, 1.165) is 49.4 Å². The molecule has 0 aliphatic carbocycles. The third-order valence-electron chi connectivity index (χ3n) is 6.92. The van der Waals surface area contributed by atoms with Gasteiger partial charge in [-0.2, -0.15) is 4.52 Å². The summed E-state index contributed by atoms with van der Waals surface area (Å²) in [7, 11) is 0. The molecule has 10 nitrogen and oxygen atoms in total. The van der Waals surface area contributed by atoms with E-state index in [0.29, 0.717) is 23.6 Å². The lowest BCUT2D eigenvalue weighted by Gasteiger charge is -2.36. The molecule has 6 rings (SSSR count). The predicted octanol–water partition coefficient (Wildman–Crippen LogP) is 3.28. The minimum absolute atomic E-state index is 0.0808. The molecule has 3 aromatic carbocycles. The van der Waals surface area contributed by atoms with Gasteiger partial charge in [0.2, 0.25) is 5.65 Å². The molecule has 5 aromatic rings. The van der Waals surface area contributed by atoms with Crippen molar-refractivity contribution in [1.29, 1.82) is 0 Å². The van der Waals surface area contributed by atoms with E-state index in [2.05, 4.69) is 72.1 Å². The van der Waals surface area contributed by atoms with Crippen LogP contribution in [0, 0.1) is 6.92 Å². The van der Waals surface area contributed by atoms with Gasteiger partial charge in [-0.25, -0.2) is 4.98 Å². The number of hydrogen-bond acceptors (Lipinski definition) is 8. The fraction of sp³-hybridized carbons (Fsp3) is 0.250. The van der Waals surface area contributed by atoms with E-state index in [4.69, 9.17) is 0 Å². The SMILES string of the molecule is Cc1ccc(N2CCN(CCNC(=O)c3ccc(Nc4nc5ccccc5n5nnnc45)cc3)CC2)cc1. The topological polar surface area (TPSA) is 104 Å². The van der Waals surface area contributed by atoms with Crippen molar-refractivity contribution in [2.75, 3.05) is 49.5 Å². The standard InChI is InChI=1S/C28H29N9O/c1-20-6-12-23(13-7-20)36-18-16-35(17-19-36)15-14-29-28(38)21-8-10-22(11-9-21)30-26-27-32-33-34-37(27)25-5-3-2-4-24(25)31-26/h2-13H,14-19H2,1H3,(H,29,38)(H,30,31). The minimum Gasteiger partial charge on any atom is -0.369 e. The molecular weight excluding hydrogens is 478 g/mol. The highest BCUT2D eigenvalue weighted by molar-refractivity contribution is 5.94. The van der Waals surface area contributed by atoms with Crippen molar-refractivity contribution in [2.45, 2.75) is 6.92 Å². The summed E-state index contributed by atoms with van der Waals surface area (Å²) in [6.07, 6.45) is 0. The maximum absolute atomic E-state index is 12.7. The molecule has 2 N–H and O–H groups in total.